The van der Waals surface area contributed by atoms with Gasteiger partial charge >= 0.3 is 0 Å². The molecule has 0 saturated heterocycles. The van der Waals surface area contributed by atoms with Gasteiger partial charge in [0.15, 0.2) is 11.5 Å². The third kappa shape index (κ3) is 4.36. The second-order valence-electron chi connectivity index (χ2n) is 6.50. The summed E-state index contributed by atoms with van der Waals surface area (Å²) in [4.78, 5) is 26.5. The van der Waals surface area contributed by atoms with Crippen molar-refractivity contribution in [3.8, 4) is 17.2 Å². The molecular formula is C21H24N2O5. The Morgan fingerprint density at radius 3 is 2.39 bits per heavy atom. The molecular weight excluding hydrogens is 360 g/mol. The zero-order chi connectivity index (χ0) is 20.1. The summed E-state index contributed by atoms with van der Waals surface area (Å²) in [6.07, 6.45) is 0.499. The quantitative estimate of drug-likeness (QED) is 0.775. The Labute approximate surface area is 164 Å². The highest BCUT2D eigenvalue weighted by atomic mass is 16.5. The summed E-state index contributed by atoms with van der Waals surface area (Å²) in [5.41, 5.74) is 2.73. The van der Waals surface area contributed by atoms with E-state index in [9.17, 15) is 9.59 Å². The maximum Gasteiger partial charge on any atom is 0.233 e. The Kier molecular flexibility index (Phi) is 6.03. The minimum absolute atomic E-state index is 0.208. The van der Waals surface area contributed by atoms with Crippen molar-refractivity contribution in [2.24, 2.45) is 0 Å². The average Bonchev–Trinajstić information content (AvgIpc) is 2.72. The van der Waals surface area contributed by atoms with Gasteiger partial charge in [-0.1, -0.05) is 6.07 Å². The van der Waals surface area contributed by atoms with E-state index < -0.39 is 0 Å². The van der Waals surface area contributed by atoms with E-state index in [2.05, 4.69) is 5.32 Å². The number of hydrogen-bond donors (Lipinski definition) is 1. The van der Waals surface area contributed by atoms with Crippen LogP contribution in [0.4, 0.5) is 5.69 Å². The molecule has 28 heavy (non-hydrogen) atoms. The van der Waals surface area contributed by atoms with Gasteiger partial charge in [-0.25, -0.2) is 0 Å². The number of carbonyl (C=O) groups is 2. The van der Waals surface area contributed by atoms with Gasteiger partial charge in [-0.05, 0) is 41.8 Å². The number of ether oxygens (including phenoxy) is 3. The van der Waals surface area contributed by atoms with Gasteiger partial charge in [0.05, 0.1) is 21.3 Å². The Balaban J connectivity index is 1.63. The van der Waals surface area contributed by atoms with Crippen molar-refractivity contribution in [3.63, 3.8) is 0 Å². The topological polar surface area (TPSA) is 77.1 Å². The molecule has 3 rings (SSSR count). The molecule has 0 saturated carbocycles. The average molecular weight is 384 g/mol. The molecule has 7 heteroatoms. The van der Waals surface area contributed by atoms with Crippen molar-refractivity contribution in [1.29, 1.82) is 0 Å². The van der Waals surface area contributed by atoms with Crippen molar-refractivity contribution in [1.82, 2.24) is 4.90 Å². The third-order valence-electron chi connectivity index (χ3n) is 4.74. The van der Waals surface area contributed by atoms with E-state index in [1.807, 2.05) is 12.1 Å². The van der Waals surface area contributed by atoms with Gasteiger partial charge in [0, 0.05) is 24.8 Å². The summed E-state index contributed by atoms with van der Waals surface area (Å²) in [5, 5.41) is 2.74. The molecule has 2 amide bonds. The van der Waals surface area contributed by atoms with Gasteiger partial charge < -0.3 is 24.4 Å². The SMILES string of the molecule is COc1cccc(NC(=O)CC(=O)N2CCc3cc(OC)c(OC)cc3C2)c1. The van der Waals surface area contributed by atoms with Crippen molar-refractivity contribution in [2.75, 3.05) is 33.2 Å². The number of carbonyl (C=O) groups excluding carboxylic acids is 2. The van der Waals surface area contributed by atoms with Crippen LogP contribution in [0.3, 0.4) is 0 Å². The van der Waals surface area contributed by atoms with Crippen LogP contribution in [0.25, 0.3) is 0 Å². The van der Waals surface area contributed by atoms with Gasteiger partial charge in [-0.2, -0.15) is 0 Å². The lowest BCUT2D eigenvalue weighted by molar-refractivity contribution is -0.135. The molecule has 0 aliphatic carbocycles. The first-order chi connectivity index (χ1) is 13.5. The molecule has 0 radical (unpaired) electrons. The fourth-order valence-corrected chi connectivity index (χ4v) is 3.25. The van der Waals surface area contributed by atoms with E-state index in [-0.39, 0.29) is 18.2 Å². The standard InChI is InChI=1S/C21H24N2O5/c1-26-17-6-4-5-16(11-17)22-20(24)12-21(25)23-8-7-14-9-18(27-2)19(28-3)10-15(14)13-23/h4-6,9-11H,7-8,12-13H2,1-3H3,(H,22,24). The van der Waals surface area contributed by atoms with E-state index >= 15 is 0 Å². The van der Waals surface area contributed by atoms with E-state index in [4.69, 9.17) is 14.2 Å². The summed E-state index contributed by atoms with van der Waals surface area (Å²) < 4.78 is 15.8. The number of amides is 2. The highest BCUT2D eigenvalue weighted by Crippen LogP contribution is 2.33. The molecule has 1 aliphatic rings. The van der Waals surface area contributed by atoms with Crippen LogP contribution in [0, 0.1) is 0 Å². The largest absolute Gasteiger partial charge is 0.497 e. The normalized spacial score (nSPS) is 12.8. The van der Waals surface area contributed by atoms with Crippen molar-refractivity contribution in [3.05, 3.63) is 47.5 Å². The molecule has 0 spiro atoms. The number of fused-ring (bicyclic) bond motifs is 1. The van der Waals surface area contributed by atoms with Gasteiger partial charge in [0.2, 0.25) is 11.8 Å². The van der Waals surface area contributed by atoms with E-state index in [0.29, 0.717) is 42.4 Å². The number of benzene rings is 2. The van der Waals surface area contributed by atoms with Crippen LogP contribution < -0.4 is 19.5 Å². The van der Waals surface area contributed by atoms with Crippen LogP contribution in [-0.2, 0) is 22.6 Å². The summed E-state index contributed by atoms with van der Waals surface area (Å²) in [7, 11) is 4.74. The van der Waals surface area contributed by atoms with Gasteiger partial charge in [0.25, 0.3) is 0 Å². The fourth-order valence-electron chi connectivity index (χ4n) is 3.25. The molecule has 0 fully saturated rings. The van der Waals surface area contributed by atoms with Crippen LogP contribution in [0.2, 0.25) is 0 Å². The molecule has 1 aliphatic heterocycles. The summed E-state index contributed by atoms with van der Waals surface area (Å²) in [6, 6.07) is 10.9. The highest BCUT2D eigenvalue weighted by Gasteiger charge is 2.24. The molecule has 0 atom stereocenters. The lowest BCUT2D eigenvalue weighted by atomic mass is 9.98. The summed E-state index contributed by atoms with van der Waals surface area (Å²) in [6.45, 7) is 1.01. The number of hydrogen-bond acceptors (Lipinski definition) is 5. The monoisotopic (exact) mass is 384 g/mol. The van der Waals surface area contributed by atoms with Gasteiger partial charge in [-0.15, -0.1) is 0 Å². The van der Waals surface area contributed by atoms with E-state index in [0.717, 1.165) is 11.1 Å². The molecule has 0 bridgehead atoms. The molecule has 2 aromatic carbocycles. The maximum absolute atomic E-state index is 12.6. The van der Waals surface area contributed by atoms with Crippen LogP contribution in [0.15, 0.2) is 36.4 Å². The van der Waals surface area contributed by atoms with E-state index in [1.54, 1.807) is 50.5 Å². The van der Waals surface area contributed by atoms with Gasteiger partial charge in [-0.3, -0.25) is 9.59 Å². The number of methoxy groups -OCH3 is 3. The second-order valence-corrected chi connectivity index (χ2v) is 6.50. The lowest BCUT2D eigenvalue weighted by Gasteiger charge is -2.29. The molecule has 1 N–H and O–H groups in total. The number of nitrogens with zero attached hydrogens (tertiary/aromatic N) is 1. The molecule has 2 aromatic rings. The first-order valence-electron chi connectivity index (χ1n) is 8.99. The fraction of sp³-hybridized carbons (Fsp3) is 0.333. The van der Waals surface area contributed by atoms with Crippen LogP contribution in [0.5, 0.6) is 17.2 Å². The first kappa shape index (κ1) is 19.5. The number of rotatable bonds is 6. The summed E-state index contributed by atoms with van der Waals surface area (Å²) >= 11 is 0. The molecule has 7 nitrogen and oxygen atoms in total. The van der Waals surface area contributed by atoms with Crippen molar-refractivity contribution >= 4 is 17.5 Å². The third-order valence-corrected chi connectivity index (χ3v) is 4.74. The van der Waals surface area contributed by atoms with Crippen LogP contribution >= 0.6 is 0 Å². The minimum Gasteiger partial charge on any atom is -0.497 e. The van der Waals surface area contributed by atoms with Crippen molar-refractivity contribution < 1.29 is 23.8 Å². The first-order valence-corrected chi connectivity index (χ1v) is 8.99. The Morgan fingerprint density at radius 2 is 1.71 bits per heavy atom. The predicted molar refractivity (Wildman–Crippen MR) is 105 cm³/mol. The maximum atomic E-state index is 12.6. The molecule has 148 valence electrons. The Morgan fingerprint density at radius 1 is 1.00 bits per heavy atom. The predicted octanol–water partition coefficient (Wildman–Crippen LogP) is 2.63. The second kappa shape index (κ2) is 8.65. The number of anilines is 1. The highest BCUT2D eigenvalue weighted by molar-refractivity contribution is 6.03. The molecule has 0 unspecified atom stereocenters. The molecule has 0 aromatic heterocycles. The summed E-state index contributed by atoms with van der Waals surface area (Å²) in [5.74, 6) is 1.39. The Hall–Kier alpha value is -3.22. The van der Waals surface area contributed by atoms with Crippen LogP contribution in [0.1, 0.15) is 17.5 Å². The van der Waals surface area contributed by atoms with Crippen molar-refractivity contribution in [2.45, 2.75) is 19.4 Å². The van der Waals surface area contributed by atoms with E-state index in [1.165, 1.54) is 0 Å². The zero-order valence-electron chi connectivity index (χ0n) is 16.3. The Bertz CT molecular complexity index is 881. The lowest BCUT2D eigenvalue weighted by Crippen LogP contribution is -2.37. The molecule has 1 heterocycles. The van der Waals surface area contributed by atoms with Gasteiger partial charge in [0.1, 0.15) is 12.2 Å². The smallest absolute Gasteiger partial charge is 0.233 e. The zero-order valence-corrected chi connectivity index (χ0v) is 16.3. The van der Waals surface area contributed by atoms with Crippen LogP contribution in [-0.4, -0.2) is 44.6 Å². The number of nitrogens with one attached hydrogen (secondary N) is 1. The minimum atomic E-state index is -0.351.